The van der Waals surface area contributed by atoms with E-state index >= 15 is 0 Å². The van der Waals surface area contributed by atoms with E-state index in [1.807, 2.05) is 48.5 Å². The van der Waals surface area contributed by atoms with E-state index in [1.165, 1.54) is 0 Å². The fraction of sp³-hybridized carbons (Fsp3) is 0.333. The average molecular weight is 285 g/mol. The molecule has 0 spiro atoms. The average Bonchev–Trinajstić information content (AvgIpc) is 2.53. The van der Waals surface area contributed by atoms with E-state index in [2.05, 4.69) is 19.2 Å². The van der Waals surface area contributed by atoms with Crippen LogP contribution in [0, 0.1) is 0 Å². The first-order valence-corrected chi connectivity index (χ1v) is 7.39. The Bertz CT molecular complexity index is 554. The van der Waals surface area contributed by atoms with Crippen molar-refractivity contribution in [3.63, 3.8) is 0 Å². The van der Waals surface area contributed by atoms with Gasteiger partial charge in [-0.25, -0.2) is 0 Å². The van der Waals surface area contributed by atoms with Crippen LogP contribution in [0.5, 0.6) is 17.2 Å². The van der Waals surface area contributed by atoms with Gasteiger partial charge in [0.2, 0.25) is 0 Å². The lowest BCUT2D eigenvalue weighted by Gasteiger charge is -2.20. The van der Waals surface area contributed by atoms with Crippen molar-refractivity contribution in [3.05, 3.63) is 54.1 Å². The highest BCUT2D eigenvalue weighted by atomic mass is 16.5. The fourth-order valence-electron chi connectivity index (χ4n) is 2.30. The van der Waals surface area contributed by atoms with E-state index in [1.54, 1.807) is 7.11 Å². The fourth-order valence-corrected chi connectivity index (χ4v) is 2.30. The van der Waals surface area contributed by atoms with Crippen molar-refractivity contribution >= 4 is 0 Å². The highest BCUT2D eigenvalue weighted by Crippen LogP contribution is 2.36. The predicted octanol–water partition coefficient (Wildman–Crippen LogP) is 4.55. The summed E-state index contributed by atoms with van der Waals surface area (Å²) in [6.45, 7) is 5.25. The summed E-state index contributed by atoms with van der Waals surface area (Å²) >= 11 is 0. The zero-order valence-corrected chi connectivity index (χ0v) is 12.9. The Balaban J connectivity index is 2.31. The van der Waals surface area contributed by atoms with Crippen LogP contribution in [0.15, 0.2) is 48.5 Å². The van der Waals surface area contributed by atoms with Gasteiger partial charge in [0.25, 0.3) is 0 Å². The Kier molecular flexibility index (Phi) is 5.64. The van der Waals surface area contributed by atoms with Gasteiger partial charge in [-0.05, 0) is 44.2 Å². The monoisotopic (exact) mass is 285 g/mol. The van der Waals surface area contributed by atoms with Gasteiger partial charge in [-0.3, -0.25) is 0 Å². The van der Waals surface area contributed by atoms with Crippen molar-refractivity contribution < 1.29 is 9.47 Å². The molecule has 0 aliphatic rings. The lowest BCUT2D eigenvalue weighted by atomic mass is 10.1. The molecule has 2 aromatic carbocycles. The first-order valence-electron chi connectivity index (χ1n) is 7.39. The topological polar surface area (TPSA) is 30.5 Å². The maximum atomic E-state index is 6.03. The van der Waals surface area contributed by atoms with Crippen LogP contribution < -0.4 is 14.8 Å². The van der Waals surface area contributed by atoms with Gasteiger partial charge in [-0.15, -0.1) is 0 Å². The highest BCUT2D eigenvalue weighted by Gasteiger charge is 2.17. The SMILES string of the molecule is CCCNC(C)c1c(OC)cccc1Oc1ccccc1. The third-order valence-electron chi connectivity index (χ3n) is 3.35. The van der Waals surface area contributed by atoms with Crippen molar-refractivity contribution in [1.29, 1.82) is 0 Å². The normalized spacial score (nSPS) is 12.0. The van der Waals surface area contributed by atoms with Gasteiger partial charge in [0.15, 0.2) is 0 Å². The number of hydrogen-bond acceptors (Lipinski definition) is 3. The minimum Gasteiger partial charge on any atom is -0.496 e. The van der Waals surface area contributed by atoms with Gasteiger partial charge < -0.3 is 14.8 Å². The van der Waals surface area contributed by atoms with Crippen LogP contribution in [0.4, 0.5) is 0 Å². The molecular weight excluding hydrogens is 262 g/mol. The zero-order chi connectivity index (χ0) is 15.1. The third kappa shape index (κ3) is 3.99. The second kappa shape index (κ2) is 7.70. The smallest absolute Gasteiger partial charge is 0.135 e. The summed E-state index contributed by atoms with van der Waals surface area (Å²) in [5, 5.41) is 3.49. The number of methoxy groups -OCH3 is 1. The molecule has 0 aliphatic heterocycles. The number of rotatable bonds is 7. The number of benzene rings is 2. The number of nitrogens with one attached hydrogen (secondary N) is 1. The van der Waals surface area contributed by atoms with Gasteiger partial charge in [0.1, 0.15) is 17.2 Å². The van der Waals surface area contributed by atoms with E-state index in [-0.39, 0.29) is 6.04 Å². The van der Waals surface area contributed by atoms with Crippen molar-refractivity contribution in [2.75, 3.05) is 13.7 Å². The molecule has 1 unspecified atom stereocenters. The van der Waals surface area contributed by atoms with Gasteiger partial charge in [-0.1, -0.05) is 31.2 Å². The van der Waals surface area contributed by atoms with E-state index in [0.717, 1.165) is 35.8 Å². The molecule has 0 aromatic heterocycles. The molecule has 0 saturated heterocycles. The summed E-state index contributed by atoms with van der Waals surface area (Å²) in [4.78, 5) is 0. The van der Waals surface area contributed by atoms with Gasteiger partial charge in [0.05, 0.1) is 12.7 Å². The lowest BCUT2D eigenvalue weighted by molar-refractivity contribution is 0.390. The molecule has 0 saturated carbocycles. The Labute approximate surface area is 126 Å². The maximum absolute atomic E-state index is 6.03. The van der Waals surface area contributed by atoms with E-state index < -0.39 is 0 Å². The summed E-state index contributed by atoms with van der Waals surface area (Å²) in [6, 6.07) is 15.9. The highest BCUT2D eigenvalue weighted by molar-refractivity contribution is 5.48. The molecule has 2 aromatic rings. The summed E-state index contributed by atoms with van der Waals surface area (Å²) < 4.78 is 11.5. The zero-order valence-electron chi connectivity index (χ0n) is 12.9. The summed E-state index contributed by atoms with van der Waals surface area (Å²) in [5.41, 5.74) is 1.05. The third-order valence-corrected chi connectivity index (χ3v) is 3.35. The minimum atomic E-state index is 0.166. The number of para-hydroxylation sites is 1. The van der Waals surface area contributed by atoms with Gasteiger partial charge in [0, 0.05) is 6.04 Å². The van der Waals surface area contributed by atoms with Crippen molar-refractivity contribution in [1.82, 2.24) is 5.32 Å². The Morgan fingerprint density at radius 1 is 1.00 bits per heavy atom. The Morgan fingerprint density at radius 2 is 1.71 bits per heavy atom. The molecule has 2 rings (SSSR count). The van der Waals surface area contributed by atoms with Gasteiger partial charge >= 0.3 is 0 Å². The second-order valence-corrected chi connectivity index (χ2v) is 4.96. The van der Waals surface area contributed by atoms with Crippen LogP contribution in [-0.4, -0.2) is 13.7 Å². The van der Waals surface area contributed by atoms with Crippen molar-refractivity contribution in [2.45, 2.75) is 26.3 Å². The van der Waals surface area contributed by atoms with E-state index in [4.69, 9.17) is 9.47 Å². The molecule has 0 aliphatic carbocycles. The largest absolute Gasteiger partial charge is 0.496 e. The molecule has 0 heterocycles. The molecule has 3 nitrogen and oxygen atoms in total. The molecule has 21 heavy (non-hydrogen) atoms. The number of hydrogen-bond donors (Lipinski definition) is 1. The van der Waals surface area contributed by atoms with Crippen LogP contribution in [0.3, 0.4) is 0 Å². The van der Waals surface area contributed by atoms with Crippen LogP contribution in [0.25, 0.3) is 0 Å². The summed E-state index contributed by atoms with van der Waals surface area (Å²) in [6.07, 6.45) is 1.09. The van der Waals surface area contributed by atoms with Crippen molar-refractivity contribution in [2.24, 2.45) is 0 Å². The molecule has 1 atom stereocenters. The predicted molar refractivity (Wildman–Crippen MR) is 86.2 cm³/mol. The Hall–Kier alpha value is -2.00. The lowest BCUT2D eigenvalue weighted by Crippen LogP contribution is -2.20. The molecule has 1 N–H and O–H groups in total. The summed E-state index contributed by atoms with van der Waals surface area (Å²) in [5.74, 6) is 2.51. The minimum absolute atomic E-state index is 0.166. The quantitative estimate of drug-likeness (QED) is 0.809. The first-order chi connectivity index (χ1) is 10.3. The molecule has 3 heteroatoms. The van der Waals surface area contributed by atoms with Crippen molar-refractivity contribution in [3.8, 4) is 17.2 Å². The van der Waals surface area contributed by atoms with E-state index in [9.17, 15) is 0 Å². The summed E-state index contributed by atoms with van der Waals surface area (Å²) in [7, 11) is 1.69. The standard InChI is InChI=1S/C18H23NO2/c1-4-13-19-14(2)18-16(20-3)11-8-12-17(18)21-15-9-6-5-7-10-15/h5-12,14,19H,4,13H2,1-3H3. The number of ether oxygens (including phenoxy) is 2. The molecule has 112 valence electrons. The van der Waals surface area contributed by atoms with E-state index in [0.29, 0.717) is 0 Å². The maximum Gasteiger partial charge on any atom is 0.135 e. The second-order valence-electron chi connectivity index (χ2n) is 4.96. The Morgan fingerprint density at radius 3 is 2.38 bits per heavy atom. The van der Waals surface area contributed by atoms with Crippen LogP contribution >= 0.6 is 0 Å². The van der Waals surface area contributed by atoms with Crippen LogP contribution in [0.1, 0.15) is 31.9 Å². The molecule has 0 fully saturated rings. The molecule has 0 radical (unpaired) electrons. The molecule has 0 bridgehead atoms. The molecular formula is C18H23NO2. The first kappa shape index (κ1) is 15.4. The van der Waals surface area contributed by atoms with Crippen LogP contribution in [-0.2, 0) is 0 Å². The molecule has 0 amide bonds. The van der Waals surface area contributed by atoms with Crippen LogP contribution in [0.2, 0.25) is 0 Å². The van der Waals surface area contributed by atoms with Gasteiger partial charge in [-0.2, -0.15) is 0 Å².